The number of thiazole rings is 1. The number of anilines is 1. The van der Waals surface area contributed by atoms with Crippen molar-refractivity contribution in [3.8, 4) is 0 Å². The van der Waals surface area contributed by atoms with E-state index < -0.39 is 31.1 Å². The first-order valence-electron chi connectivity index (χ1n) is 7.18. The fraction of sp³-hybridized carbons (Fsp3) is 0.357. The Bertz CT molecular complexity index is 884. The van der Waals surface area contributed by atoms with Gasteiger partial charge in [-0.2, -0.15) is 8.78 Å². The van der Waals surface area contributed by atoms with Gasteiger partial charge in [0.05, 0.1) is 15.9 Å². The Labute approximate surface area is 146 Å². The maximum atomic E-state index is 12.6. The van der Waals surface area contributed by atoms with Crippen molar-refractivity contribution in [3.63, 3.8) is 0 Å². The molecule has 11 heteroatoms. The van der Waals surface area contributed by atoms with Crippen LogP contribution in [0.5, 0.6) is 0 Å². The topological polar surface area (TPSA) is 102 Å². The van der Waals surface area contributed by atoms with Gasteiger partial charge in [0.1, 0.15) is 10.7 Å². The smallest absolute Gasteiger partial charge is 0.341 e. The van der Waals surface area contributed by atoms with Crippen LogP contribution in [0.2, 0.25) is 0 Å². The molecule has 136 valence electrons. The molecule has 1 aromatic heterocycles. The summed E-state index contributed by atoms with van der Waals surface area (Å²) in [5.74, 6) is -3.65. The van der Waals surface area contributed by atoms with E-state index >= 15 is 0 Å². The number of nitro groups is 1. The predicted octanol–water partition coefficient (Wildman–Crippen LogP) is 3.78. The quantitative estimate of drug-likeness (QED) is 0.569. The zero-order valence-electron chi connectivity index (χ0n) is 13.3. The fourth-order valence-corrected chi connectivity index (χ4v) is 3.64. The Kier molecular flexibility index (Phi) is 5.68. The van der Waals surface area contributed by atoms with Crippen LogP contribution >= 0.6 is 11.3 Å². The summed E-state index contributed by atoms with van der Waals surface area (Å²) in [6.45, 7) is 3.72. The minimum absolute atomic E-state index is 0.0268. The zero-order chi connectivity index (χ0) is 18.8. The molecule has 1 aromatic carbocycles. The highest BCUT2D eigenvalue weighted by Gasteiger charge is 2.29. The summed E-state index contributed by atoms with van der Waals surface area (Å²) >= 11 is 1.45. The molecule has 25 heavy (non-hydrogen) atoms. The van der Waals surface area contributed by atoms with E-state index in [1.54, 1.807) is 13.1 Å². The molecule has 0 aliphatic rings. The van der Waals surface area contributed by atoms with Gasteiger partial charge in [0.15, 0.2) is 0 Å². The standard InChI is InChI=1S/C14H15F2N3O4S2/c1-3-9-7-17-13(24-9)8(2)18-11-5-4-10(6-12(11)19(20)21)25(22,23)14(15)16/h4-8,14,18H,3H2,1-2H3. The molecule has 0 aliphatic heterocycles. The first-order chi connectivity index (χ1) is 11.7. The molecule has 1 atom stereocenters. The highest BCUT2D eigenvalue weighted by molar-refractivity contribution is 7.91. The molecule has 0 fully saturated rings. The third kappa shape index (κ3) is 4.10. The van der Waals surface area contributed by atoms with Crippen molar-refractivity contribution in [1.29, 1.82) is 0 Å². The highest BCUT2D eigenvalue weighted by atomic mass is 32.2. The van der Waals surface area contributed by atoms with Gasteiger partial charge >= 0.3 is 5.76 Å². The molecule has 2 aromatic rings. The summed E-state index contributed by atoms with van der Waals surface area (Å²) in [7, 11) is -4.91. The van der Waals surface area contributed by atoms with Crippen LogP contribution in [0.1, 0.15) is 29.8 Å². The van der Waals surface area contributed by atoms with Crippen LogP contribution in [0.25, 0.3) is 0 Å². The van der Waals surface area contributed by atoms with Gasteiger partial charge in [-0.3, -0.25) is 10.1 Å². The lowest BCUT2D eigenvalue weighted by Gasteiger charge is -2.13. The Morgan fingerprint density at radius 3 is 2.60 bits per heavy atom. The Balaban J connectivity index is 2.36. The predicted molar refractivity (Wildman–Crippen MR) is 89.8 cm³/mol. The van der Waals surface area contributed by atoms with Gasteiger partial charge in [0.2, 0.25) is 9.84 Å². The number of nitro benzene ring substituents is 1. The fourth-order valence-electron chi connectivity index (χ4n) is 2.05. The molecule has 7 nitrogen and oxygen atoms in total. The van der Waals surface area contributed by atoms with Gasteiger partial charge < -0.3 is 5.32 Å². The van der Waals surface area contributed by atoms with Crippen molar-refractivity contribution in [2.24, 2.45) is 0 Å². The molecular weight excluding hydrogens is 376 g/mol. The number of hydrogen-bond donors (Lipinski definition) is 1. The zero-order valence-corrected chi connectivity index (χ0v) is 14.9. The summed E-state index contributed by atoms with van der Waals surface area (Å²) < 4.78 is 48.2. The average molecular weight is 391 g/mol. The second kappa shape index (κ2) is 7.40. The second-order valence-corrected chi connectivity index (χ2v) is 8.19. The maximum Gasteiger partial charge on any atom is 0.341 e. The van der Waals surface area contributed by atoms with Gasteiger partial charge in [-0.05, 0) is 25.5 Å². The molecule has 2 rings (SSSR count). The van der Waals surface area contributed by atoms with Gasteiger partial charge in [0.25, 0.3) is 5.69 Å². The van der Waals surface area contributed by atoms with Gasteiger partial charge in [-0.15, -0.1) is 11.3 Å². The number of rotatable bonds is 7. The monoisotopic (exact) mass is 391 g/mol. The number of benzene rings is 1. The second-order valence-electron chi connectivity index (χ2n) is 5.13. The van der Waals surface area contributed by atoms with E-state index in [0.717, 1.165) is 23.4 Å². The minimum Gasteiger partial charge on any atom is -0.371 e. The number of hydrogen-bond acceptors (Lipinski definition) is 7. The van der Waals surface area contributed by atoms with Crippen LogP contribution < -0.4 is 5.32 Å². The molecule has 0 aliphatic carbocycles. The van der Waals surface area contributed by atoms with Crippen molar-refractivity contribution in [1.82, 2.24) is 4.98 Å². The number of alkyl halides is 2. The molecule has 1 heterocycles. The normalized spacial score (nSPS) is 13.0. The third-order valence-corrected chi connectivity index (χ3v) is 6.10. The number of sulfone groups is 1. The highest BCUT2D eigenvalue weighted by Crippen LogP contribution is 2.33. The number of halogens is 2. The maximum absolute atomic E-state index is 12.6. The SMILES string of the molecule is CCc1cnc(C(C)Nc2ccc(S(=O)(=O)C(F)F)cc2[N+](=O)[O-])s1. The molecule has 0 spiro atoms. The number of nitrogens with zero attached hydrogens (tertiary/aromatic N) is 2. The largest absolute Gasteiger partial charge is 0.371 e. The number of nitrogens with one attached hydrogen (secondary N) is 1. The molecule has 0 amide bonds. The Morgan fingerprint density at radius 1 is 1.40 bits per heavy atom. The van der Waals surface area contributed by atoms with Crippen LogP contribution in [0.3, 0.4) is 0 Å². The molecule has 1 N–H and O–H groups in total. The summed E-state index contributed by atoms with van der Waals surface area (Å²) in [5, 5.41) is 14.8. The lowest BCUT2D eigenvalue weighted by atomic mass is 10.2. The summed E-state index contributed by atoms with van der Waals surface area (Å²) in [6, 6.07) is 2.29. The van der Waals surface area contributed by atoms with Gasteiger partial charge in [-0.1, -0.05) is 6.92 Å². The molecular formula is C14H15F2N3O4S2. The summed E-state index contributed by atoms with van der Waals surface area (Å²) in [5.41, 5.74) is -0.570. The molecule has 0 saturated carbocycles. The third-order valence-electron chi connectivity index (χ3n) is 3.39. The van der Waals surface area contributed by atoms with Crippen LogP contribution in [0, 0.1) is 10.1 Å². The van der Waals surface area contributed by atoms with Crippen molar-refractivity contribution in [2.45, 2.75) is 37.0 Å². The van der Waals surface area contributed by atoms with Crippen molar-refractivity contribution in [2.75, 3.05) is 5.32 Å². The Hall–Kier alpha value is -2.14. The van der Waals surface area contributed by atoms with E-state index in [0.29, 0.717) is 11.1 Å². The van der Waals surface area contributed by atoms with Gasteiger partial charge in [0, 0.05) is 17.1 Å². The molecule has 0 radical (unpaired) electrons. The minimum atomic E-state index is -4.91. The first kappa shape index (κ1) is 19.2. The molecule has 0 saturated heterocycles. The van der Waals surface area contributed by atoms with Crippen molar-refractivity contribution < 1.29 is 22.1 Å². The van der Waals surface area contributed by atoms with Crippen molar-refractivity contribution in [3.05, 3.63) is 44.4 Å². The summed E-state index contributed by atoms with van der Waals surface area (Å²) in [4.78, 5) is 14.9. The van der Waals surface area contributed by atoms with E-state index in [1.807, 2.05) is 6.92 Å². The average Bonchev–Trinajstić information content (AvgIpc) is 3.03. The van der Waals surface area contributed by atoms with E-state index in [2.05, 4.69) is 10.3 Å². The first-order valence-corrected chi connectivity index (χ1v) is 9.54. The van der Waals surface area contributed by atoms with Crippen LogP contribution in [0.4, 0.5) is 20.2 Å². The van der Waals surface area contributed by atoms with E-state index in [1.165, 1.54) is 11.3 Å². The number of aryl methyl sites for hydroxylation is 1. The summed E-state index contributed by atoms with van der Waals surface area (Å²) in [6.07, 6.45) is 2.52. The Morgan fingerprint density at radius 2 is 2.08 bits per heavy atom. The lowest BCUT2D eigenvalue weighted by Crippen LogP contribution is -2.13. The van der Waals surface area contributed by atoms with Crippen LogP contribution in [-0.2, 0) is 16.3 Å². The van der Waals surface area contributed by atoms with E-state index in [9.17, 15) is 27.3 Å². The molecule has 1 unspecified atom stereocenters. The molecule has 0 bridgehead atoms. The van der Waals surface area contributed by atoms with E-state index in [-0.39, 0.29) is 11.7 Å². The lowest BCUT2D eigenvalue weighted by molar-refractivity contribution is -0.384. The van der Waals surface area contributed by atoms with Crippen LogP contribution in [0.15, 0.2) is 29.3 Å². The van der Waals surface area contributed by atoms with E-state index in [4.69, 9.17) is 0 Å². The van der Waals surface area contributed by atoms with Crippen molar-refractivity contribution >= 4 is 32.5 Å². The van der Waals surface area contributed by atoms with Gasteiger partial charge in [-0.25, -0.2) is 13.4 Å². The number of aromatic nitrogens is 1. The van der Waals surface area contributed by atoms with Crippen LogP contribution in [-0.4, -0.2) is 24.1 Å².